The summed E-state index contributed by atoms with van der Waals surface area (Å²) < 4.78 is 65.0. The first-order chi connectivity index (χ1) is 26.2. The Morgan fingerprint density at radius 3 is 0.698 bits per heavy atom. The number of ether oxygens (including phenoxy) is 12. The van der Waals surface area contributed by atoms with Crippen LogP contribution in [0.4, 0.5) is 0 Å². The molecule has 14 heteroatoms. The molecule has 0 aromatic carbocycles. The zero-order chi connectivity index (χ0) is 38.4. The van der Waals surface area contributed by atoms with Crippen molar-refractivity contribution in [2.24, 2.45) is 0 Å². The van der Waals surface area contributed by atoms with Crippen molar-refractivity contribution in [1.29, 1.82) is 0 Å². The third-order valence-corrected chi connectivity index (χ3v) is 7.55. The van der Waals surface area contributed by atoms with Crippen molar-refractivity contribution < 1.29 is 66.4 Å². The quantitative estimate of drug-likeness (QED) is 0.0580. The van der Waals surface area contributed by atoms with Crippen LogP contribution in [0.25, 0.3) is 0 Å². The first kappa shape index (κ1) is 51.5. The molecule has 0 saturated carbocycles. The highest BCUT2D eigenvalue weighted by Crippen LogP contribution is 2.09. The lowest BCUT2D eigenvalue weighted by Crippen LogP contribution is -2.16. The van der Waals surface area contributed by atoms with E-state index in [-0.39, 0.29) is 25.2 Å². The molecule has 0 heterocycles. The molecule has 0 saturated heterocycles. The largest absolute Gasteiger partial charge is 0.463 e. The Morgan fingerprint density at radius 2 is 0.453 bits per heavy atom. The zero-order valence-corrected chi connectivity index (χ0v) is 33.5. The summed E-state index contributed by atoms with van der Waals surface area (Å²) in [7, 11) is 0. The Bertz CT molecular complexity index is 730. The summed E-state index contributed by atoms with van der Waals surface area (Å²) in [5.74, 6) is -0.298. The molecule has 0 aromatic heterocycles. The van der Waals surface area contributed by atoms with Crippen LogP contribution in [-0.4, -0.2) is 157 Å². The average molecular weight is 769 g/mol. The molecule has 0 atom stereocenters. The lowest BCUT2D eigenvalue weighted by atomic mass is 10.1. The van der Waals surface area contributed by atoms with Gasteiger partial charge in [0.1, 0.15) is 13.2 Å². The van der Waals surface area contributed by atoms with E-state index in [1.807, 2.05) is 0 Å². The van der Waals surface area contributed by atoms with Gasteiger partial charge in [0, 0.05) is 12.8 Å². The molecule has 0 unspecified atom stereocenters. The van der Waals surface area contributed by atoms with E-state index in [9.17, 15) is 9.59 Å². The summed E-state index contributed by atoms with van der Waals surface area (Å²) in [5, 5.41) is 0. The minimum absolute atomic E-state index is 0.143. The molecule has 0 aromatic rings. The molecule has 0 bridgehead atoms. The van der Waals surface area contributed by atoms with Crippen molar-refractivity contribution in [3.8, 4) is 0 Å². The molecule has 0 aliphatic rings. The average Bonchev–Trinajstić information content (AvgIpc) is 3.16. The van der Waals surface area contributed by atoms with Crippen molar-refractivity contribution >= 4 is 11.9 Å². The van der Waals surface area contributed by atoms with Crippen molar-refractivity contribution in [1.82, 2.24) is 0 Å². The minimum atomic E-state index is -0.155. The Morgan fingerprint density at radius 1 is 0.264 bits per heavy atom. The second kappa shape index (κ2) is 46.7. The van der Waals surface area contributed by atoms with Crippen molar-refractivity contribution in [2.75, 3.05) is 145 Å². The Hall–Kier alpha value is -1.46. The number of hydrogen-bond acceptors (Lipinski definition) is 14. The fourth-order valence-corrected chi connectivity index (χ4v) is 4.58. The summed E-state index contributed by atoms with van der Waals surface area (Å²) in [5.41, 5.74) is 0. The van der Waals surface area contributed by atoms with Gasteiger partial charge >= 0.3 is 11.9 Å². The summed E-state index contributed by atoms with van der Waals surface area (Å²) >= 11 is 0. The number of unbranched alkanes of at least 4 members (excludes halogenated alkanes) is 9. The monoisotopic (exact) mass is 769 g/mol. The van der Waals surface area contributed by atoms with Crippen molar-refractivity contribution in [3.63, 3.8) is 0 Å². The first-order valence-electron chi connectivity index (χ1n) is 20.3. The molecule has 0 aliphatic heterocycles. The van der Waals surface area contributed by atoms with Crippen LogP contribution >= 0.6 is 0 Å². The van der Waals surface area contributed by atoms with E-state index >= 15 is 0 Å². The Kier molecular flexibility index (Phi) is 45.4. The van der Waals surface area contributed by atoms with E-state index in [1.165, 1.54) is 32.1 Å². The van der Waals surface area contributed by atoms with E-state index in [1.54, 1.807) is 0 Å². The van der Waals surface area contributed by atoms with Crippen LogP contribution in [0.2, 0.25) is 0 Å². The molecule has 0 spiro atoms. The second-order valence-electron chi connectivity index (χ2n) is 12.2. The number of rotatable bonds is 46. The van der Waals surface area contributed by atoms with Gasteiger partial charge < -0.3 is 56.8 Å². The lowest BCUT2D eigenvalue weighted by molar-refractivity contribution is -0.146. The predicted molar refractivity (Wildman–Crippen MR) is 201 cm³/mol. The minimum Gasteiger partial charge on any atom is -0.463 e. The maximum absolute atomic E-state index is 11.7. The fraction of sp³-hybridized carbons (Fsp3) is 0.949. The van der Waals surface area contributed by atoms with Gasteiger partial charge in [-0.2, -0.15) is 0 Å². The van der Waals surface area contributed by atoms with Crippen molar-refractivity contribution in [3.05, 3.63) is 0 Å². The second-order valence-corrected chi connectivity index (χ2v) is 12.2. The Labute approximate surface area is 320 Å². The van der Waals surface area contributed by atoms with Crippen LogP contribution in [0.1, 0.15) is 97.3 Å². The van der Waals surface area contributed by atoms with E-state index in [0.29, 0.717) is 145 Å². The molecule has 53 heavy (non-hydrogen) atoms. The molecule has 0 aliphatic carbocycles. The molecular weight excluding hydrogens is 692 g/mol. The number of carbonyl (C=O) groups excluding carboxylic acids is 2. The van der Waals surface area contributed by atoms with Gasteiger partial charge in [-0.3, -0.25) is 9.59 Å². The van der Waals surface area contributed by atoms with Gasteiger partial charge in [0.05, 0.1) is 132 Å². The first-order valence-corrected chi connectivity index (χ1v) is 20.3. The third kappa shape index (κ3) is 46.6. The number of carbonyl (C=O) groups is 2. The maximum Gasteiger partial charge on any atom is 0.305 e. The molecule has 0 fully saturated rings. The normalized spacial score (nSPS) is 11.4. The summed E-state index contributed by atoms with van der Waals surface area (Å²) in [4.78, 5) is 23.3. The molecule has 0 N–H and O–H groups in total. The highest BCUT2D eigenvalue weighted by Gasteiger charge is 2.04. The highest BCUT2D eigenvalue weighted by atomic mass is 16.6. The molecule has 0 radical (unpaired) electrons. The fourth-order valence-electron chi connectivity index (χ4n) is 4.58. The predicted octanol–water partition coefficient (Wildman–Crippen LogP) is 5.35. The van der Waals surface area contributed by atoms with E-state index in [4.69, 9.17) is 56.8 Å². The van der Waals surface area contributed by atoms with Gasteiger partial charge in [-0.25, -0.2) is 0 Å². The van der Waals surface area contributed by atoms with E-state index in [0.717, 1.165) is 38.5 Å². The molecule has 316 valence electrons. The van der Waals surface area contributed by atoms with E-state index < -0.39 is 0 Å². The van der Waals surface area contributed by atoms with Crippen LogP contribution in [0.3, 0.4) is 0 Å². The van der Waals surface area contributed by atoms with E-state index in [2.05, 4.69) is 13.8 Å². The molecular formula is C39H76O14. The van der Waals surface area contributed by atoms with Crippen molar-refractivity contribution in [2.45, 2.75) is 97.3 Å². The van der Waals surface area contributed by atoms with Gasteiger partial charge in [0.25, 0.3) is 0 Å². The highest BCUT2D eigenvalue weighted by molar-refractivity contribution is 5.69. The van der Waals surface area contributed by atoms with Gasteiger partial charge in [0.2, 0.25) is 0 Å². The van der Waals surface area contributed by atoms with Gasteiger partial charge in [-0.15, -0.1) is 0 Å². The van der Waals surface area contributed by atoms with Gasteiger partial charge in [-0.1, -0.05) is 71.6 Å². The zero-order valence-electron chi connectivity index (χ0n) is 33.5. The summed E-state index contributed by atoms with van der Waals surface area (Å²) in [6.07, 6.45) is 13.5. The summed E-state index contributed by atoms with van der Waals surface area (Å²) in [6.45, 7) is 14.3. The third-order valence-electron chi connectivity index (χ3n) is 7.55. The lowest BCUT2D eigenvalue weighted by Gasteiger charge is -2.09. The molecule has 0 rings (SSSR count). The molecule has 14 nitrogen and oxygen atoms in total. The van der Waals surface area contributed by atoms with Crippen LogP contribution < -0.4 is 0 Å². The van der Waals surface area contributed by atoms with Gasteiger partial charge in [-0.05, 0) is 12.8 Å². The number of hydrogen-bond donors (Lipinski definition) is 0. The number of esters is 2. The van der Waals surface area contributed by atoms with Crippen LogP contribution in [0.5, 0.6) is 0 Å². The van der Waals surface area contributed by atoms with Crippen LogP contribution in [-0.2, 0) is 66.4 Å². The maximum atomic E-state index is 11.7. The SMILES string of the molecule is CCCCCCCCCC(=O)OCCOCCOCCOCCOCCOCCOCCOCCOCCOCCOCCOC(=O)CCCCCC. The van der Waals surface area contributed by atoms with Crippen LogP contribution in [0, 0.1) is 0 Å². The topological polar surface area (TPSA) is 145 Å². The smallest absolute Gasteiger partial charge is 0.305 e. The van der Waals surface area contributed by atoms with Gasteiger partial charge in [0.15, 0.2) is 0 Å². The Balaban J connectivity index is 3.12. The van der Waals surface area contributed by atoms with Crippen LogP contribution in [0.15, 0.2) is 0 Å². The standard InChI is InChI=1S/C39H76O14/c1-3-5-7-9-10-11-13-15-39(41)53-37-35-51-33-31-49-29-27-47-25-23-45-21-19-43-17-16-42-18-20-44-22-24-46-26-28-48-30-32-50-34-36-52-38(40)14-12-8-6-4-2/h3-37H2,1-2H3. The summed E-state index contributed by atoms with van der Waals surface area (Å²) in [6, 6.07) is 0. The molecule has 0 amide bonds.